The first kappa shape index (κ1) is 39.2. The Morgan fingerprint density at radius 3 is 1.92 bits per heavy atom. The number of nitrogen functional groups attached to an aromatic ring is 1. The van der Waals surface area contributed by atoms with Crippen LogP contribution in [0.4, 0.5) is 11.6 Å². The molecule has 3 N–H and O–H groups in total. The van der Waals surface area contributed by atoms with Gasteiger partial charge in [-0.25, -0.2) is 29.9 Å². The van der Waals surface area contributed by atoms with E-state index in [0.29, 0.717) is 42.0 Å². The standard InChI is InChI=1S/C22H41N5O3Si2.C13H19N5O/c1-21(2,3)31(7,8)28-12-16-15(30-32(9,10)22(4,5)6)11-17(29-16)27-14-26-18-19(23)24-13-25-20(18)27;1-4-9-8(2)5-10(19-9)18-7-17-11-12(14-3)15-6-16-13(11)18/h13-17H,11-12H2,1-10H3,(H2,23,24,25);6-10H,4-5H2,1-3H3,(H,14,15,16)/t15-,16-,17-;8-,9-,10-/m11/s1. The summed E-state index contributed by atoms with van der Waals surface area (Å²) in [5, 5.41) is 3.28. The van der Waals surface area contributed by atoms with Crippen LogP contribution >= 0.6 is 0 Å². The van der Waals surface area contributed by atoms with E-state index in [0.717, 1.165) is 29.8 Å². The fourth-order valence-corrected chi connectivity index (χ4v) is 8.45. The van der Waals surface area contributed by atoms with Crippen molar-refractivity contribution < 1.29 is 18.3 Å². The minimum absolute atomic E-state index is 0.0320. The Hall–Kier alpha value is -3.03. The lowest BCUT2D eigenvalue weighted by Crippen LogP contribution is -2.48. The first-order valence-corrected chi connectivity index (χ1v) is 24.0. The van der Waals surface area contributed by atoms with Crippen molar-refractivity contribution in [3.63, 3.8) is 0 Å². The molecule has 6 rings (SSSR count). The van der Waals surface area contributed by atoms with Crippen molar-refractivity contribution in [1.29, 1.82) is 0 Å². The van der Waals surface area contributed by atoms with Crippen LogP contribution < -0.4 is 11.1 Å². The number of rotatable bonds is 9. The molecule has 0 aliphatic carbocycles. The Morgan fingerprint density at radius 1 is 0.804 bits per heavy atom. The van der Waals surface area contributed by atoms with Gasteiger partial charge < -0.3 is 29.4 Å². The number of hydrogen-bond donors (Lipinski definition) is 2. The van der Waals surface area contributed by atoms with Gasteiger partial charge >= 0.3 is 0 Å². The summed E-state index contributed by atoms with van der Waals surface area (Å²) in [5.41, 5.74) is 8.88. The number of aromatic nitrogens is 8. The first-order chi connectivity index (χ1) is 23.8. The summed E-state index contributed by atoms with van der Waals surface area (Å²) < 4.78 is 30.0. The largest absolute Gasteiger partial charge is 0.414 e. The van der Waals surface area contributed by atoms with E-state index in [1.165, 1.54) is 6.33 Å². The minimum atomic E-state index is -2.00. The van der Waals surface area contributed by atoms with Gasteiger partial charge in [0.1, 0.15) is 42.2 Å². The average molecular weight is 741 g/mol. The highest BCUT2D eigenvalue weighted by molar-refractivity contribution is 6.74. The maximum atomic E-state index is 6.85. The average Bonchev–Trinajstić information content (AvgIpc) is 3.84. The highest BCUT2D eigenvalue weighted by Crippen LogP contribution is 2.43. The van der Waals surface area contributed by atoms with Crippen molar-refractivity contribution in [2.24, 2.45) is 5.92 Å². The molecule has 0 bridgehead atoms. The molecule has 0 unspecified atom stereocenters. The van der Waals surface area contributed by atoms with E-state index in [-0.39, 0.29) is 34.7 Å². The lowest BCUT2D eigenvalue weighted by molar-refractivity contribution is -0.0383. The Bertz CT molecular complexity index is 1780. The fourth-order valence-electron chi connectivity index (χ4n) is 6.07. The third-order valence-corrected chi connectivity index (χ3v) is 20.4. The fraction of sp³-hybridized carbons (Fsp3) is 0.714. The smallest absolute Gasteiger partial charge is 0.192 e. The molecular formula is C35H60N10O4Si2. The van der Waals surface area contributed by atoms with E-state index < -0.39 is 16.6 Å². The number of anilines is 2. The summed E-state index contributed by atoms with van der Waals surface area (Å²) in [6.07, 6.45) is 9.24. The summed E-state index contributed by atoms with van der Waals surface area (Å²) in [5.74, 6) is 1.69. The van der Waals surface area contributed by atoms with Crippen molar-refractivity contribution in [1.82, 2.24) is 39.0 Å². The summed E-state index contributed by atoms with van der Waals surface area (Å²) >= 11 is 0. The van der Waals surface area contributed by atoms with Gasteiger partial charge in [0.2, 0.25) is 0 Å². The van der Waals surface area contributed by atoms with Gasteiger partial charge in [-0.15, -0.1) is 0 Å². The molecule has 51 heavy (non-hydrogen) atoms. The van der Waals surface area contributed by atoms with Crippen molar-refractivity contribution >= 4 is 50.6 Å². The molecule has 2 saturated heterocycles. The maximum absolute atomic E-state index is 6.85. The number of nitrogens with one attached hydrogen (secondary N) is 1. The van der Waals surface area contributed by atoms with Crippen LogP contribution in [0.15, 0.2) is 25.3 Å². The van der Waals surface area contributed by atoms with Crippen LogP contribution in [0.2, 0.25) is 36.3 Å². The van der Waals surface area contributed by atoms with Crippen LogP contribution in [0, 0.1) is 5.92 Å². The van der Waals surface area contributed by atoms with Crippen molar-refractivity contribution in [3.05, 3.63) is 25.3 Å². The highest BCUT2D eigenvalue weighted by Gasteiger charge is 2.47. The molecule has 0 radical (unpaired) electrons. The zero-order valence-electron chi connectivity index (χ0n) is 32.9. The third-order valence-electron chi connectivity index (χ3n) is 11.4. The molecule has 282 valence electrons. The van der Waals surface area contributed by atoms with Gasteiger partial charge in [-0.3, -0.25) is 9.13 Å². The van der Waals surface area contributed by atoms with Crippen LogP contribution in [0.3, 0.4) is 0 Å². The monoisotopic (exact) mass is 740 g/mol. The molecule has 6 heterocycles. The Kier molecular flexibility index (Phi) is 11.4. The van der Waals surface area contributed by atoms with Crippen LogP contribution in [0.1, 0.15) is 87.1 Å². The van der Waals surface area contributed by atoms with E-state index in [4.69, 9.17) is 24.1 Å². The van der Waals surface area contributed by atoms with E-state index in [2.05, 4.69) is 117 Å². The van der Waals surface area contributed by atoms with E-state index in [9.17, 15) is 0 Å². The molecule has 2 fully saturated rings. The highest BCUT2D eigenvalue weighted by atomic mass is 28.4. The third kappa shape index (κ3) is 8.15. The molecule has 2 aliphatic rings. The quantitative estimate of drug-likeness (QED) is 0.165. The van der Waals surface area contributed by atoms with Gasteiger partial charge in [0, 0.05) is 13.5 Å². The molecule has 0 amide bonds. The van der Waals surface area contributed by atoms with Crippen LogP contribution in [-0.2, 0) is 18.3 Å². The SMILES string of the molecule is CC(C)(C)[Si](C)(C)OC[C@H]1O[C@@H](n2cnc3c(N)ncnc32)C[C@H]1O[Si](C)(C)C(C)(C)C.CC[C@H]1O[C@@H](n2cnc3c(NC)ncnc32)C[C@H]1C. The molecule has 4 aromatic heterocycles. The second-order valence-electron chi connectivity index (χ2n) is 17.0. The van der Waals surface area contributed by atoms with Crippen LogP contribution in [0.5, 0.6) is 0 Å². The lowest BCUT2D eigenvalue weighted by atomic mass is 10.0. The van der Waals surface area contributed by atoms with Gasteiger partial charge in [-0.05, 0) is 55.0 Å². The Balaban J connectivity index is 0.000000224. The molecule has 6 atom stereocenters. The first-order valence-electron chi connectivity index (χ1n) is 18.2. The van der Waals surface area contributed by atoms with E-state index in [1.54, 1.807) is 19.0 Å². The van der Waals surface area contributed by atoms with Crippen LogP contribution in [-0.4, -0.2) is 87.6 Å². The molecule has 0 spiro atoms. The second kappa shape index (κ2) is 14.8. The molecule has 2 aliphatic heterocycles. The summed E-state index contributed by atoms with van der Waals surface area (Å²) in [4.78, 5) is 25.8. The number of ether oxygens (including phenoxy) is 2. The van der Waals surface area contributed by atoms with Gasteiger partial charge in [-0.1, -0.05) is 55.4 Å². The second-order valence-corrected chi connectivity index (χ2v) is 26.5. The maximum Gasteiger partial charge on any atom is 0.192 e. The Morgan fingerprint density at radius 2 is 1.35 bits per heavy atom. The van der Waals surface area contributed by atoms with E-state index >= 15 is 0 Å². The van der Waals surface area contributed by atoms with Crippen LogP contribution in [0.25, 0.3) is 22.3 Å². The predicted octanol–water partition coefficient (Wildman–Crippen LogP) is 7.31. The van der Waals surface area contributed by atoms with Gasteiger partial charge in [-0.2, -0.15) is 0 Å². The van der Waals surface area contributed by atoms with Gasteiger partial charge in [0.15, 0.2) is 39.6 Å². The van der Waals surface area contributed by atoms with Crippen molar-refractivity contribution in [2.75, 3.05) is 24.7 Å². The molecule has 0 aromatic carbocycles. The normalized spacial score (nSPS) is 24.6. The summed E-state index contributed by atoms with van der Waals surface area (Å²) in [6, 6.07) is 0. The van der Waals surface area contributed by atoms with Crippen molar-refractivity contribution in [3.8, 4) is 0 Å². The summed E-state index contributed by atoms with van der Waals surface area (Å²) in [6.45, 7) is 27.6. The number of fused-ring (bicyclic) bond motifs is 2. The minimum Gasteiger partial charge on any atom is -0.414 e. The number of nitrogens with zero attached hydrogens (tertiary/aromatic N) is 8. The molecule has 4 aromatic rings. The number of hydrogen-bond acceptors (Lipinski definition) is 12. The summed E-state index contributed by atoms with van der Waals surface area (Å²) in [7, 11) is -2.08. The van der Waals surface area contributed by atoms with Gasteiger partial charge in [0.25, 0.3) is 0 Å². The zero-order valence-corrected chi connectivity index (χ0v) is 34.9. The van der Waals surface area contributed by atoms with Gasteiger partial charge in [0.05, 0.1) is 31.5 Å². The molecule has 14 nitrogen and oxygen atoms in total. The topological polar surface area (TPSA) is 162 Å². The number of imidazole rings is 2. The van der Waals surface area contributed by atoms with Crippen molar-refractivity contribution in [2.45, 2.75) is 142 Å². The molecule has 0 saturated carbocycles. The molecule has 16 heteroatoms. The Labute approximate surface area is 304 Å². The van der Waals surface area contributed by atoms with E-state index in [1.807, 2.05) is 16.2 Å². The number of nitrogens with two attached hydrogens (primary N) is 1. The predicted molar refractivity (Wildman–Crippen MR) is 206 cm³/mol. The lowest BCUT2D eigenvalue weighted by Gasteiger charge is -2.40. The molecular weight excluding hydrogens is 681 g/mol. The zero-order chi connectivity index (χ0) is 37.5.